The van der Waals surface area contributed by atoms with Gasteiger partial charge < -0.3 is 0 Å². The second kappa shape index (κ2) is 8.10. The van der Waals surface area contributed by atoms with Crippen molar-refractivity contribution in [2.24, 2.45) is 11.8 Å². The highest BCUT2D eigenvalue weighted by Crippen LogP contribution is 2.45. The Morgan fingerprint density at radius 1 is 0.655 bits per heavy atom. The fourth-order valence-electron chi connectivity index (χ4n) is 8.84. The molecule has 6 fully saturated rings. The van der Waals surface area contributed by atoms with Gasteiger partial charge in [-0.25, -0.2) is 0 Å². The third-order valence-corrected chi connectivity index (χ3v) is 10.4. The smallest absolute Gasteiger partial charge is 0.0140 e. The molecule has 3 nitrogen and oxygen atoms in total. The summed E-state index contributed by atoms with van der Waals surface area (Å²) in [4.78, 5) is 8.78. The first-order chi connectivity index (χ1) is 14.3. The van der Waals surface area contributed by atoms with Crippen LogP contribution >= 0.6 is 0 Å². The fourth-order valence-corrected chi connectivity index (χ4v) is 8.84. The van der Waals surface area contributed by atoms with Crippen LogP contribution in [-0.2, 0) is 0 Å². The number of fused-ring (bicyclic) bond motifs is 3. The lowest BCUT2D eigenvalue weighted by Crippen LogP contribution is -2.56. The first kappa shape index (κ1) is 19.6. The molecule has 0 aliphatic carbocycles. The Kier molecular flexibility index (Phi) is 5.46. The van der Waals surface area contributed by atoms with Crippen LogP contribution in [0.15, 0.2) is 0 Å². The summed E-state index contributed by atoms with van der Waals surface area (Å²) in [6, 6.07) is 5.62. The molecule has 0 aromatic rings. The van der Waals surface area contributed by atoms with Crippen LogP contribution in [0.5, 0.6) is 0 Å². The van der Waals surface area contributed by atoms with Gasteiger partial charge in [0.05, 0.1) is 0 Å². The van der Waals surface area contributed by atoms with E-state index in [1.165, 1.54) is 110 Å². The van der Waals surface area contributed by atoms with E-state index in [0.717, 1.165) is 48.1 Å². The average molecular weight is 400 g/mol. The molecular formula is C26H45N3. The minimum absolute atomic E-state index is 0.878. The van der Waals surface area contributed by atoms with E-state index in [2.05, 4.69) is 21.6 Å². The van der Waals surface area contributed by atoms with Gasteiger partial charge in [-0.3, -0.25) is 14.7 Å². The zero-order valence-electron chi connectivity index (χ0n) is 19.0. The fraction of sp³-hybridized carbons (Fsp3) is 1.00. The summed E-state index contributed by atoms with van der Waals surface area (Å²) in [7, 11) is 0. The van der Waals surface area contributed by atoms with E-state index < -0.39 is 0 Å². The van der Waals surface area contributed by atoms with Gasteiger partial charge in [-0.15, -0.1) is 0 Å². The molecule has 0 amide bonds. The second-order valence-electron chi connectivity index (χ2n) is 11.9. The summed E-state index contributed by atoms with van der Waals surface area (Å²) in [6.45, 7) is 6.71. The molecule has 6 aliphatic rings. The van der Waals surface area contributed by atoms with Crippen LogP contribution < -0.4 is 0 Å². The first-order valence-corrected chi connectivity index (χ1v) is 13.5. The Bertz CT molecular complexity index is 578. The Morgan fingerprint density at radius 3 is 2.38 bits per heavy atom. The topological polar surface area (TPSA) is 9.72 Å². The molecule has 0 spiro atoms. The average Bonchev–Trinajstić information content (AvgIpc) is 3.30. The van der Waals surface area contributed by atoms with Crippen LogP contribution in [0.1, 0.15) is 96.8 Å². The van der Waals surface area contributed by atoms with Gasteiger partial charge in [0.15, 0.2) is 0 Å². The van der Waals surface area contributed by atoms with Crippen LogP contribution in [0.2, 0.25) is 0 Å². The molecule has 3 heteroatoms. The van der Waals surface area contributed by atoms with E-state index in [9.17, 15) is 0 Å². The van der Waals surface area contributed by atoms with Crippen molar-refractivity contribution in [3.63, 3.8) is 0 Å². The quantitative estimate of drug-likeness (QED) is 0.666. The van der Waals surface area contributed by atoms with Crippen molar-refractivity contribution in [1.29, 1.82) is 0 Å². The maximum atomic E-state index is 3.00. The van der Waals surface area contributed by atoms with E-state index >= 15 is 0 Å². The number of hydrogen-bond donors (Lipinski definition) is 0. The van der Waals surface area contributed by atoms with Gasteiger partial charge >= 0.3 is 0 Å². The number of rotatable bonds is 4. The molecule has 0 bridgehead atoms. The normalized spacial score (nSPS) is 48.7. The monoisotopic (exact) mass is 399 g/mol. The van der Waals surface area contributed by atoms with Crippen LogP contribution in [-0.4, -0.2) is 70.6 Å². The van der Waals surface area contributed by atoms with Gasteiger partial charge in [-0.2, -0.15) is 0 Å². The zero-order valence-corrected chi connectivity index (χ0v) is 19.0. The van der Waals surface area contributed by atoms with Crippen molar-refractivity contribution >= 4 is 0 Å². The minimum atomic E-state index is 0.878. The molecule has 0 saturated carbocycles. The third kappa shape index (κ3) is 3.61. The molecule has 6 rings (SSSR count). The highest BCUT2D eigenvalue weighted by Gasteiger charge is 2.48. The Morgan fingerprint density at radius 2 is 1.48 bits per heavy atom. The molecule has 164 valence electrons. The van der Waals surface area contributed by atoms with E-state index in [1.807, 2.05) is 0 Å². The molecule has 29 heavy (non-hydrogen) atoms. The van der Waals surface area contributed by atoms with Gasteiger partial charge in [-0.05, 0) is 109 Å². The van der Waals surface area contributed by atoms with Crippen molar-refractivity contribution in [2.75, 3.05) is 19.6 Å². The third-order valence-electron chi connectivity index (χ3n) is 10.4. The number of hydrogen-bond acceptors (Lipinski definition) is 3. The Hall–Kier alpha value is -0.120. The predicted molar refractivity (Wildman–Crippen MR) is 120 cm³/mol. The molecule has 0 radical (unpaired) electrons. The van der Waals surface area contributed by atoms with Gasteiger partial charge in [0.2, 0.25) is 0 Å². The lowest BCUT2D eigenvalue weighted by molar-refractivity contribution is 0.000576. The van der Waals surface area contributed by atoms with E-state index in [4.69, 9.17) is 0 Å². The summed E-state index contributed by atoms with van der Waals surface area (Å²) in [5.74, 6) is 2.05. The highest BCUT2D eigenvalue weighted by molar-refractivity contribution is 5.03. The van der Waals surface area contributed by atoms with E-state index in [-0.39, 0.29) is 0 Å². The van der Waals surface area contributed by atoms with Gasteiger partial charge in [-0.1, -0.05) is 12.8 Å². The standard InChI is InChI=1S/C26H45N3/c1-19-6-11-26-21(18-29(19)26)17-25-10-9-24-16-20(12-14-28(24)25)15-23-8-7-22-5-3-2-4-13-27(22)23/h19-26H,2-18H2,1H3. The first-order valence-electron chi connectivity index (χ1n) is 13.5. The van der Waals surface area contributed by atoms with Crippen molar-refractivity contribution in [3.8, 4) is 0 Å². The highest BCUT2D eigenvalue weighted by atomic mass is 15.3. The van der Waals surface area contributed by atoms with Gasteiger partial charge in [0.1, 0.15) is 0 Å². The molecule has 0 N–H and O–H groups in total. The Labute approximate surface area is 179 Å². The van der Waals surface area contributed by atoms with Crippen molar-refractivity contribution < 1.29 is 0 Å². The maximum Gasteiger partial charge on any atom is 0.0140 e. The summed E-state index contributed by atoms with van der Waals surface area (Å²) in [5, 5.41) is 0. The summed E-state index contributed by atoms with van der Waals surface area (Å²) >= 11 is 0. The molecular weight excluding hydrogens is 354 g/mol. The minimum Gasteiger partial charge on any atom is -0.297 e. The predicted octanol–water partition coefficient (Wildman–Crippen LogP) is 4.90. The molecule has 6 heterocycles. The molecule has 6 saturated heterocycles. The number of nitrogens with zero attached hydrogens (tertiary/aromatic N) is 3. The zero-order chi connectivity index (χ0) is 19.4. The van der Waals surface area contributed by atoms with Crippen LogP contribution in [0.4, 0.5) is 0 Å². The lowest BCUT2D eigenvalue weighted by Gasteiger charge is -2.48. The van der Waals surface area contributed by atoms with Crippen LogP contribution in [0.25, 0.3) is 0 Å². The van der Waals surface area contributed by atoms with Crippen molar-refractivity contribution in [3.05, 3.63) is 0 Å². The maximum absolute atomic E-state index is 3.00. The SMILES string of the molecule is CC1CCC2C(CC3CCC4CC(CC5CCC6CCCCCN65)CCN43)CN12. The summed E-state index contributed by atoms with van der Waals surface area (Å²) < 4.78 is 0. The van der Waals surface area contributed by atoms with Crippen LogP contribution in [0, 0.1) is 11.8 Å². The second-order valence-corrected chi connectivity index (χ2v) is 11.9. The van der Waals surface area contributed by atoms with E-state index in [1.54, 1.807) is 0 Å². The van der Waals surface area contributed by atoms with Gasteiger partial charge in [0, 0.05) is 42.8 Å². The molecule has 8 unspecified atom stereocenters. The summed E-state index contributed by atoms with van der Waals surface area (Å²) in [5.41, 5.74) is 0. The Balaban J connectivity index is 1.01. The van der Waals surface area contributed by atoms with Gasteiger partial charge in [0.25, 0.3) is 0 Å². The van der Waals surface area contributed by atoms with E-state index in [0.29, 0.717) is 0 Å². The van der Waals surface area contributed by atoms with Crippen LogP contribution in [0.3, 0.4) is 0 Å². The lowest BCUT2D eigenvalue weighted by atomic mass is 9.83. The van der Waals surface area contributed by atoms with Crippen molar-refractivity contribution in [2.45, 2.75) is 133 Å². The molecule has 8 atom stereocenters. The number of piperidine rings is 1. The van der Waals surface area contributed by atoms with Crippen molar-refractivity contribution in [1.82, 2.24) is 14.7 Å². The molecule has 0 aromatic carbocycles. The largest absolute Gasteiger partial charge is 0.297 e. The molecule has 0 aromatic heterocycles. The summed E-state index contributed by atoms with van der Waals surface area (Å²) in [6.07, 6.45) is 21.0. The molecule has 6 aliphatic heterocycles.